The van der Waals surface area contributed by atoms with Crippen molar-refractivity contribution in [1.29, 1.82) is 0 Å². The summed E-state index contributed by atoms with van der Waals surface area (Å²) in [5, 5.41) is 0. The Labute approximate surface area is 117 Å². The summed E-state index contributed by atoms with van der Waals surface area (Å²) in [6.45, 7) is 10.8. The molecular formula is C16H38N2. The van der Waals surface area contributed by atoms with E-state index in [0.717, 1.165) is 0 Å². The molecule has 0 unspecified atom stereocenters. The fourth-order valence-electron chi connectivity index (χ4n) is 1.68. The molecular weight excluding hydrogens is 220 g/mol. The zero-order valence-electron chi connectivity index (χ0n) is 14.0. The molecule has 0 spiro atoms. The Balaban J connectivity index is 0. The van der Waals surface area contributed by atoms with Crippen molar-refractivity contribution in [1.82, 2.24) is 9.80 Å². The van der Waals surface area contributed by atoms with E-state index in [9.17, 15) is 0 Å². The van der Waals surface area contributed by atoms with Crippen LogP contribution in [-0.2, 0) is 0 Å². The van der Waals surface area contributed by atoms with Crippen molar-refractivity contribution in [3.63, 3.8) is 0 Å². The van der Waals surface area contributed by atoms with Gasteiger partial charge in [-0.05, 0) is 60.0 Å². The molecule has 0 rings (SSSR count). The van der Waals surface area contributed by atoms with E-state index in [1.54, 1.807) is 0 Å². The second kappa shape index (κ2) is 16.9. The van der Waals surface area contributed by atoms with Crippen LogP contribution in [0.25, 0.3) is 0 Å². The molecule has 0 aliphatic rings. The quantitative estimate of drug-likeness (QED) is 0.540. The van der Waals surface area contributed by atoms with Crippen molar-refractivity contribution in [3.8, 4) is 0 Å². The maximum atomic E-state index is 2.66. The lowest BCUT2D eigenvalue weighted by molar-refractivity contribution is 0.259. The molecule has 0 aliphatic heterocycles. The highest BCUT2D eigenvalue weighted by Crippen LogP contribution is 2.03. The Morgan fingerprint density at radius 1 is 0.556 bits per heavy atom. The molecule has 0 saturated heterocycles. The molecule has 0 aromatic rings. The summed E-state index contributed by atoms with van der Waals surface area (Å²) in [7, 11) is 6.00. The van der Waals surface area contributed by atoms with Gasteiger partial charge in [0, 0.05) is 0 Å². The summed E-state index contributed by atoms with van der Waals surface area (Å²) in [6, 6.07) is 0. The molecule has 0 aromatic carbocycles. The first-order valence-electron chi connectivity index (χ1n) is 7.91. The van der Waals surface area contributed by atoms with Crippen molar-refractivity contribution in [2.24, 2.45) is 0 Å². The number of hydrogen-bond donors (Lipinski definition) is 0. The van der Waals surface area contributed by atoms with Gasteiger partial charge >= 0.3 is 0 Å². The van der Waals surface area contributed by atoms with Crippen LogP contribution in [-0.4, -0.2) is 50.6 Å². The molecule has 112 valence electrons. The first-order chi connectivity index (χ1) is 8.58. The monoisotopic (exact) mass is 258 g/mol. The van der Waals surface area contributed by atoms with Crippen LogP contribution in [0.5, 0.6) is 0 Å². The second-order valence-corrected chi connectivity index (χ2v) is 5.60. The maximum Gasteiger partial charge on any atom is -0.00187 e. The molecule has 0 fully saturated rings. The zero-order valence-corrected chi connectivity index (χ0v) is 14.0. The van der Waals surface area contributed by atoms with Crippen molar-refractivity contribution < 1.29 is 0 Å². The fourth-order valence-corrected chi connectivity index (χ4v) is 1.68. The van der Waals surface area contributed by atoms with Crippen LogP contribution < -0.4 is 0 Å². The molecule has 2 nitrogen and oxygen atoms in total. The predicted molar refractivity (Wildman–Crippen MR) is 85.4 cm³/mol. The molecule has 18 heavy (non-hydrogen) atoms. The molecule has 0 saturated carbocycles. The summed E-state index contributed by atoms with van der Waals surface area (Å²) in [6.07, 6.45) is 9.53. The molecule has 0 aliphatic carbocycles. The summed E-state index contributed by atoms with van der Waals surface area (Å²) in [5.41, 5.74) is 0. The number of rotatable bonds is 10. The number of hydrogen-bond acceptors (Lipinski definition) is 2. The largest absolute Gasteiger partial charge is 0.312 e. The normalized spacial score (nSPS) is 10.7. The molecule has 2 heteroatoms. The van der Waals surface area contributed by atoms with Crippen LogP contribution in [0, 0.1) is 0 Å². The molecule has 0 amide bonds. The minimum atomic E-state index is 1.32. The van der Waals surface area contributed by atoms with Gasteiger partial charge in [0.1, 0.15) is 0 Å². The van der Waals surface area contributed by atoms with E-state index in [4.69, 9.17) is 0 Å². The Kier molecular flexibility index (Phi) is 19.0. The van der Waals surface area contributed by atoms with Crippen molar-refractivity contribution >= 4 is 0 Å². The highest BCUT2D eigenvalue weighted by Gasteiger charge is 2.02. The predicted octanol–water partition coefficient (Wildman–Crippen LogP) is 4.26. The Bertz CT molecular complexity index is 124. The van der Waals surface area contributed by atoms with Crippen molar-refractivity contribution in [2.45, 2.75) is 65.7 Å². The topological polar surface area (TPSA) is 6.48 Å². The van der Waals surface area contributed by atoms with Crippen molar-refractivity contribution in [3.05, 3.63) is 0 Å². The lowest BCUT2D eigenvalue weighted by atomic mass is 10.2. The number of unbranched alkanes of at least 4 members (excludes halogenated alkanes) is 4. The van der Waals surface area contributed by atoms with Crippen LogP contribution in [0.2, 0.25) is 0 Å². The summed E-state index contributed by atoms with van der Waals surface area (Å²) in [4.78, 5) is 4.66. The lowest BCUT2D eigenvalue weighted by Crippen LogP contribution is -2.27. The third-order valence-electron chi connectivity index (χ3n) is 2.73. The van der Waals surface area contributed by atoms with Gasteiger partial charge in [0.25, 0.3) is 0 Å². The average Bonchev–Trinajstić information content (AvgIpc) is 2.31. The third kappa shape index (κ3) is 21.2. The Morgan fingerprint density at radius 2 is 0.889 bits per heavy atom. The van der Waals surface area contributed by atoms with Crippen LogP contribution in [0.3, 0.4) is 0 Å². The maximum absolute atomic E-state index is 2.66. The zero-order chi connectivity index (χ0) is 14.2. The highest BCUT2D eigenvalue weighted by atomic mass is 15.1. The van der Waals surface area contributed by atoms with Gasteiger partial charge in [0.05, 0.1) is 0 Å². The van der Waals surface area contributed by atoms with E-state index in [-0.39, 0.29) is 0 Å². The van der Waals surface area contributed by atoms with Gasteiger partial charge in [0.15, 0.2) is 0 Å². The van der Waals surface area contributed by atoms with Gasteiger partial charge in [-0.25, -0.2) is 0 Å². The van der Waals surface area contributed by atoms with Crippen LogP contribution in [0.1, 0.15) is 65.7 Å². The van der Waals surface area contributed by atoms with Crippen LogP contribution >= 0.6 is 0 Å². The van der Waals surface area contributed by atoms with Gasteiger partial charge < -0.3 is 9.80 Å². The lowest BCUT2D eigenvalue weighted by Gasteiger charge is -2.21. The van der Waals surface area contributed by atoms with Gasteiger partial charge in [0.2, 0.25) is 0 Å². The summed E-state index contributed by atoms with van der Waals surface area (Å²) in [5.74, 6) is 0. The standard InChI is InChI=1S/C13H29N.C3H9N/c1-4-7-10-13-14(11-8-5-2)12-9-6-3;1-4(2)3/h4-13H2,1-3H3;1-3H3. The van der Waals surface area contributed by atoms with E-state index < -0.39 is 0 Å². The van der Waals surface area contributed by atoms with Crippen molar-refractivity contribution in [2.75, 3.05) is 40.8 Å². The first kappa shape index (κ1) is 20.2. The SMILES string of the molecule is CCCCCN(CCCC)CCCC.CN(C)C. The molecule has 0 radical (unpaired) electrons. The fraction of sp³-hybridized carbons (Fsp3) is 1.00. The summed E-state index contributed by atoms with van der Waals surface area (Å²) >= 11 is 0. The number of nitrogens with zero attached hydrogens (tertiary/aromatic N) is 2. The van der Waals surface area contributed by atoms with Gasteiger partial charge in [-0.15, -0.1) is 0 Å². The highest BCUT2D eigenvalue weighted by molar-refractivity contribution is 4.57. The summed E-state index contributed by atoms with van der Waals surface area (Å²) < 4.78 is 0. The average molecular weight is 258 g/mol. The second-order valence-electron chi connectivity index (χ2n) is 5.60. The third-order valence-corrected chi connectivity index (χ3v) is 2.73. The van der Waals surface area contributed by atoms with Gasteiger partial charge in [-0.2, -0.15) is 0 Å². The van der Waals surface area contributed by atoms with E-state index in [0.29, 0.717) is 0 Å². The first-order valence-corrected chi connectivity index (χ1v) is 7.91. The van der Waals surface area contributed by atoms with E-state index in [1.165, 1.54) is 64.6 Å². The molecule has 0 N–H and O–H groups in total. The van der Waals surface area contributed by atoms with E-state index in [1.807, 2.05) is 26.0 Å². The van der Waals surface area contributed by atoms with E-state index >= 15 is 0 Å². The smallest absolute Gasteiger partial charge is 0.00187 e. The van der Waals surface area contributed by atoms with Gasteiger partial charge in [-0.3, -0.25) is 0 Å². The van der Waals surface area contributed by atoms with Gasteiger partial charge in [-0.1, -0.05) is 46.5 Å². The minimum Gasteiger partial charge on any atom is -0.312 e. The molecule has 0 atom stereocenters. The Morgan fingerprint density at radius 3 is 1.22 bits per heavy atom. The van der Waals surface area contributed by atoms with Crippen LogP contribution in [0.15, 0.2) is 0 Å². The molecule has 0 aromatic heterocycles. The molecule has 0 heterocycles. The Hall–Kier alpha value is -0.0800. The minimum absolute atomic E-state index is 1.32. The van der Waals surface area contributed by atoms with Crippen LogP contribution in [0.4, 0.5) is 0 Å². The molecule has 0 bridgehead atoms. The van der Waals surface area contributed by atoms with E-state index in [2.05, 4.69) is 25.7 Å².